The van der Waals surface area contributed by atoms with E-state index in [1.807, 2.05) is 0 Å². The predicted octanol–water partition coefficient (Wildman–Crippen LogP) is 3.65. The van der Waals surface area contributed by atoms with E-state index in [1.165, 1.54) is 25.7 Å². The highest BCUT2D eigenvalue weighted by atomic mass is 32.2. The molecule has 0 aliphatic heterocycles. The molecule has 0 spiro atoms. The van der Waals surface area contributed by atoms with E-state index >= 15 is 0 Å². The molecule has 0 aromatic heterocycles. The molecular weight excluding hydrogens is 276 g/mol. The zero-order valence-electron chi connectivity index (χ0n) is 13.1. The van der Waals surface area contributed by atoms with Gasteiger partial charge in [0.25, 0.3) is 0 Å². The normalized spacial score (nSPS) is 13.6. The van der Waals surface area contributed by atoms with Crippen LogP contribution in [0.25, 0.3) is 0 Å². The fourth-order valence-electron chi connectivity index (χ4n) is 2.42. The molecule has 0 rings (SSSR count). The molecule has 0 aliphatic carbocycles. The molecule has 0 saturated heterocycles. The predicted molar refractivity (Wildman–Crippen MR) is 82.7 cm³/mol. The Labute approximate surface area is 123 Å². The molecule has 0 amide bonds. The smallest absolute Gasteiger partial charge is 0.322 e. The Hall–Kier alpha value is -0.580. The average Bonchev–Trinajstić information content (AvgIpc) is 2.30. The van der Waals surface area contributed by atoms with Crippen LogP contribution in [0.15, 0.2) is 0 Å². The van der Waals surface area contributed by atoms with Crippen molar-refractivity contribution in [2.45, 2.75) is 77.4 Å². The van der Waals surface area contributed by atoms with Crippen LogP contribution in [-0.4, -0.2) is 30.5 Å². The fraction of sp³-hybridized carbons (Fsp3) is 0.933. The highest BCUT2D eigenvalue weighted by molar-refractivity contribution is 7.92. The van der Waals surface area contributed by atoms with Crippen molar-refractivity contribution < 1.29 is 18.3 Å². The summed E-state index contributed by atoms with van der Waals surface area (Å²) in [6.45, 7) is 5.46. The van der Waals surface area contributed by atoms with E-state index in [2.05, 4.69) is 6.92 Å². The van der Waals surface area contributed by atoms with Crippen LogP contribution in [0.2, 0.25) is 0 Å². The van der Waals surface area contributed by atoms with Crippen molar-refractivity contribution in [2.24, 2.45) is 5.92 Å². The number of rotatable bonds is 12. The number of unbranched alkanes of at least 4 members (excludes halogenated alkanes) is 7. The van der Waals surface area contributed by atoms with Gasteiger partial charge >= 0.3 is 5.97 Å². The van der Waals surface area contributed by atoms with Crippen LogP contribution < -0.4 is 0 Å². The molecule has 0 aromatic carbocycles. The first-order valence-corrected chi connectivity index (χ1v) is 9.48. The molecule has 1 atom stereocenters. The zero-order chi connectivity index (χ0) is 15.6. The molecule has 0 radical (unpaired) electrons. The number of carboxylic acids is 1. The van der Waals surface area contributed by atoms with Gasteiger partial charge in [0.15, 0.2) is 15.1 Å². The van der Waals surface area contributed by atoms with Crippen molar-refractivity contribution in [3.63, 3.8) is 0 Å². The van der Waals surface area contributed by atoms with Gasteiger partial charge in [-0.05, 0) is 12.3 Å². The molecule has 1 N–H and O–H groups in total. The maximum absolute atomic E-state index is 12.0. The average molecular weight is 306 g/mol. The van der Waals surface area contributed by atoms with E-state index in [-0.39, 0.29) is 11.7 Å². The SMILES string of the molecule is CCCCCCCCCCS(=O)(=O)C(C(=O)O)C(C)C. The van der Waals surface area contributed by atoms with Crippen molar-refractivity contribution in [1.29, 1.82) is 0 Å². The van der Waals surface area contributed by atoms with Gasteiger partial charge in [0.1, 0.15) is 0 Å². The van der Waals surface area contributed by atoms with Crippen LogP contribution in [0.1, 0.15) is 72.1 Å². The van der Waals surface area contributed by atoms with Crippen LogP contribution in [0.4, 0.5) is 0 Å². The van der Waals surface area contributed by atoms with E-state index in [9.17, 15) is 13.2 Å². The molecule has 1 unspecified atom stereocenters. The lowest BCUT2D eigenvalue weighted by molar-refractivity contribution is -0.137. The molecule has 0 aliphatic rings. The fourth-order valence-corrected chi connectivity index (χ4v) is 4.41. The number of carbonyl (C=O) groups is 1. The minimum atomic E-state index is -3.52. The summed E-state index contributed by atoms with van der Waals surface area (Å²) in [4.78, 5) is 11.0. The van der Waals surface area contributed by atoms with E-state index in [0.717, 1.165) is 19.3 Å². The molecule has 0 aromatic rings. The van der Waals surface area contributed by atoms with Crippen LogP contribution in [0, 0.1) is 5.92 Å². The van der Waals surface area contributed by atoms with Crippen LogP contribution >= 0.6 is 0 Å². The number of sulfone groups is 1. The summed E-state index contributed by atoms with van der Waals surface area (Å²) in [6, 6.07) is 0. The minimum Gasteiger partial charge on any atom is -0.480 e. The van der Waals surface area contributed by atoms with E-state index in [1.54, 1.807) is 13.8 Å². The second-order valence-corrected chi connectivity index (χ2v) is 8.09. The molecule has 0 bridgehead atoms. The third-order valence-corrected chi connectivity index (χ3v) is 5.90. The third-order valence-electron chi connectivity index (χ3n) is 3.52. The molecule has 5 heteroatoms. The monoisotopic (exact) mass is 306 g/mol. The summed E-state index contributed by atoms with van der Waals surface area (Å²) >= 11 is 0. The highest BCUT2D eigenvalue weighted by Gasteiger charge is 2.34. The van der Waals surface area contributed by atoms with Gasteiger partial charge in [0, 0.05) is 0 Å². The third kappa shape index (κ3) is 7.88. The first-order valence-electron chi connectivity index (χ1n) is 7.77. The van der Waals surface area contributed by atoms with E-state index in [4.69, 9.17) is 5.11 Å². The second-order valence-electron chi connectivity index (χ2n) is 5.84. The molecule has 0 saturated carbocycles. The summed E-state index contributed by atoms with van der Waals surface area (Å²) in [5.41, 5.74) is 0. The Morgan fingerprint density at radius 2 is 1.40 bits per heavy atom. The summed E-state index contributed by atoms with van der Waals surface area (Å²) in [7, 11) is -3.52. The number of aliphatic carboxylic acids is 1. The number of hydrogen-bond acceptors (Lipinski definition) is 3. The Kier molecular flexibility index (Phi) is 9.90. The Bertz CT molecular complexity index is 360. The van der Waals surface area contributed by atoms with Crippen molar-refractivity contribution in [1.82, 2.24) is 0 Å². The van der Waals surface area contributed by atoms with Crippen LogP contribution in [0.5, 0.6) is 0 Å². The number of carboxylic acid groups (broad SMARTS) is 1. The topological polar surface area (TPSA) is 71.4 Å². The van der Waals surface area contributed by atoms with E-state index in [0.29, 0.717) is 6.42 Å². The molecular formula is C15H30O4S. The Balaban J connectivity index is 3.96. The van der Waals surface area contributed by atoms with Gasteiger partial charge in [-0.2, -0.15) is 0 Å². The maximum atomic E-state index is 12.0. The van der Waals surface area contributed by atoms with Gasteiger partial charge in [-0.1, -0.05) is 65.7 Å². The van der Waals surface area contributed by atoms with Crippen LogP contribution in [0.3, 0.4) is 0 Å². The maximum Gasteiger partial charge on any atom is 0.322 e. The summed E-state index contributed by atoms with van der Waals surface area (Å²) in [6.07, 6.45) is 8.59. The lowest BCUT2D eigenvalue weighted by Gasteiger charge is -2.16. The van der Waals surface area contributed by atoms with Crippen molar-refractivity contribution in [3.05, 3.63) is 0 Å². The molecule has 4 nitrogen and oxygen atoms in total. The minimum absolute atomic E-state index is 0.00287. The summed E-state index contributed by atoms with van der Waals surface area (Å²) < 4.78 is 24.0. The Morgan fingerprint density at radius 3 is 1.80 bits per heavy atom. The van der Waals surface area contributed by atoms with E-state index < -0.39 is 21.1 Å². The second kappa shape index (κ2) is 10.2. The van der Waals surface area contributed by atoms with Gasteiger partial charge in [-0.25, -0.2) is 8.42 Å². The van der Waals surface area contributed by atoms with Crippen molar-refractivity contribution >= 4 is 15.8 Å². The van der Waals surface area contributed by atoms with Crippen LogP contribution in [-0.2, 0) is 14.6 Å². The molecule has 0 fully saturated rings. The standard InChI is InChI=1S/C15H30O4S/c1-4-5-6-7-8-9-10-11-12-20(18,19)14(13(2)3)15(16)17/h13-14H,4-12H2,1-3H3,(H,16,17). The van der Waals surface area contributed by atoms with Gasteiger partial charge in [0.05, 0.1) is 5.75 Å². The highest BCUT2D eigenvalue weighted by Crippen LogP contribution is 2.16. The Morgan fingerprint density at radius 1 is 0.950 bits per heavy atom. The zero-order valence-corrected chi connectivity index (χ0v) is 13.9. The quantitative estimate of drug-likeness (QED) is 0.559. The van der Waals surface area contributed by atoms with Gasteiger partial charge in [-0.3, -0.25) is 4.79 Å². The molecule has 120 valence electrons. The number of hydrogen-bond donors (Lipinski definition) is 1. The molecule has 20 heavy (non-hydrogen) atoms. The largest absolute Gasteiger partial charge is 0.480 e. The van der Waals surface area contributed by atoms with Gasteiger partial charge in [0.2, 0.25) is 0 Å². The first-order chi connectivity index (χ1) is 9.33. The van der Waals surface area contributed by atoms with Crippen molar-refractivity contribution in [2.75, 3.05) is 5.75 Å². The lowest BCUT2D eigenvalue weighted by Crippen LogP contribution is -2.36. The van der Waals surface area contributed by atoms with Crippen molar-refractivity contribution in [3.8, 4) is 0 Å². The lowest BCUT2D eigenvalue weighted by atomic mass is 10.1. The van der Waals surface area contributed by atoms with Gasteiger partial charge < -0.3 is 5.11 Å². The summed E-state index contributed by atoms with van der Waals surface area (Å²) in [5, 5.41) is 7.77. The molecule has 0 heterocycles. The first kappa shape index (κ1) is 19.4. The summed E-state index contributed by atoms with van der Waals surface area (Å²) in [5.74, 6) is -1.61. The van der Waals surface area contributed by atoms with Gasteiger partial charge in [-0.15, -0.1) is 0 Å².